The summed E-state index contributed by atoms with van der Waals surface area (Å²) in [5, 5.41) is 17.2. The molecular formula is C42H45F4N9O5S. The van der Waals surface area contributed by atoms with Gasteiger partial charge in [0.1, 0.15) is 35.8 Å². The van der Waals surface area contributed by atoms with E-state index in [1.165, 1.54) is 24.3 Å². The normalized spacial score (nSPS) is 21.9. The van der Waals surface area contributed by atoms with Crippen molar-refractivity contribution in [2.75, 3.05) is 53.2 Å². The number of imide groups is 1. The Morgan fingerprint density at radius 2 is 1.82 bits per heavy atom. The Labute approximate surface area is 355 Å². The van der Waals surface area contributed by atoms with Gasteiger partial charge in [0.25, 0.3) is 5.91 Å². The van der Waals surface area contributed by atoms with Crippen LogP contribution in [-0.4, -0.2) is 100.0 Å². The number of rotatable bonds is 12. The fourth-order valence-corrected chi connectivity index (χ4v) is 9.02. The first-order valence-electron chi connectivity index (χ1n) is 20.1. The molecule has 1 saturated carbocycles. The number of ether oxygens (including phenoxy) is 1. The molecule has 1 aromatic heterocycles. The first kappa shape index (κ1) is 43.4. The van der Waals surface area contributed by atoms with Crippen LogP contribution in [0, 0.1) is 17.1 Å². The summed E-state index contributed by atoms with van der Waals surface area (Å²) in [5.41, 5.74) is -1.37. The van der Waals surface area contributed by atoms with Crippen LogP contribution in [0.5, 0.6) is 5.75 Å². The predicted molar refractivity (Wildman–Crippen MR) is 221 cm³/mol. The highest BCUT2D eigenvalue weighted by atomic mass is 32.1. The lowest BCUT2D eigenvalue weighted by Gasteiger charge is -2.44. The fraction of sp³-hybridized carbons (Fsp3) is 0.452. The van der Waals surface area contributed by atoms with Crippen LogP contribution in [0.15, 0.2) is 48.7 Å². The number of amides is 4. The second kappa shape index (κ2) is 17.3. The monoisotopic (exact) mass is 863 g/mol. The van der Waals surface area contributed by atoms with Gasteiger partial charge in [0, 0.05) is 49.5 Å². The summed E-state index contributed by atoms with van der Waals surface area (Å²) >= 11 is 5.78. The van der Waals surface area contributed by atoms with Crippen LogP contribution in [-0.2, 0) is 31.8 Å². The number of nitrogens with zero attached hydrogens (tertiary/aromatic N) is 6. The van der Waals surface area contributed by atoms with Gasteiger partial charge in [0.05, 0.1) is 29.7 Å². The summed E-state index contributed by atoms with van der Waals surface area (Å²) in [6.45, 7) is 8.30. The molecular weight excluding hydrogens is 819 g/mol. The Morgan fingerprint density at radius 3 is 2.46 bits per heavy atom. The number of anilines is 4. The summed E-state index contributed by atoms with van der Waals surface area (Å²) in [6.07, 6.45) is -1.06. The van der Waals surface area contributed by atoms with Crippen molar-refractivity contribution < 1.29 is 41.5 Å². The zero-order valence-corrected chi connectivity index (χ0v) is 34.6. The lowest BCUT2D eigenvalue weighted by atomic mass is 9.75. The molecule has 14 nitrogen and oxygen atoms in total. The summed E-state index contributed by atoms with van der Waals surface area (Å²) in [5.74, 6) is -1.61. The molecule has 3 N–H and O–H groups in total. The quantitative estimate of drug-likeness (QED) is 0.122. The molecule has 1 spiro atoms. The molecule has 2 aromatic carbocycles. The number of aryl methyl sites for hydroxylation is 1. The van der Waals surface area contributed by atoms with Crippen molar-refractivity contribution in [1.29, 1.82) is 5.26 Å². The molecule has 4 aliphatic rings. The number of benzene rings is 2. The molecule has 61 heavy (non-hydrogen) atoms. The zero-order valence-electron chi connectivity index (χ0n) is 33.8. The van der Waals surface area contributed by atoms with Gasteiger partial charge in [-0.05, 0) is 106 Å². The van der Waals surface area contributed by atoms with Crippen molar-refractivity contribution in [3.05, 3.63) is 71.3 Å². The number of hydrogen-bond acceptors (Lipinski definition) is 11. The number of piperidine rings is 1. The second-order valence-corrected chi connectivity index (χ2v) is 16.2. The van der Waals surface area contributed by atoms with Crippen molar-refractivity contribution in [3.63, 3.8) is 0 Å². The summed E-state index contributed by atoms with van der Waals surface area (Å²) in [7, 11) is 0. The molecule has 0 radical (unpaired) electrons. The lowest BCUT2D eigenvalue weighted by molar-refractivity contribution is -0.138. The van der Waals surface area contributed by atoms with E-state index in [-0.39, 0.29) is 53.4 Å². The third kappa shape index (κ3) is 8.74. The maximum absolute atomic E-state index is 14.8. The van der Waals surface area contributed by atoms with Gasteiger partial charge < -0.3 is 20.3 Å². The van der Waals surface area contributed by atoms with Crippen LogP contribution in [0.1, 0.15) is 69.7 Å². The Morgan fingerprint density at radius 1 is 1.08 bits per heavy atom. The van der Waals surface area contributed by atoms with Crippen LogP contribution in [0.25, 0.3) is 0 Å². The number of alkyl halides is 3. The average molecular weight is 864 g/mol. The molecule has 3 atom stereocenters. The number of nitrogens with one attached hydrogen (secondary N) is 3. The maximum atomic E-state index is 14.8. The van der Waals surface area contributed by atoms with E-state index in [1.54, 1.807) is 11.0 Å². The van der Waals surface area contributed by atoms with Gasteiger partial charge in [-0.3, -0.25) is 39.2 Å². The van der Waals surface area contributed by atoms with Gasteiger partial charge in [0.15, 0.2) is 10.8 Å². The van der Waals surface area contributed by atoms with E-state index in [9.17, 15) is 42.0 Å². The Balaban J connectivity index is 0.948. The van der Waals surface area contributed by atoms with Crippen LogP contribution in [0.2, 0.25) is 0 Å². The minimum Gasteiger partial charge on any atom is -0.492 e. The van der Waals surface area contributed by atoms with Gasteiger partial charge in [0.2, 0.25) is 17.7 Å². The Kier molecular flexibility index (Phi) is 12.3. The molecule has 322 valence electrons. The zero-order chi connectivity index (χ0) is 43.8. The minimum atomic E-state index is -4.86. The average Bonchev–Trinajstić information content (AvgIpc) is 3.44. The molecule has 1 unspecified atom stereocenters. The first-order valence-corrected chi connectivity index (χ1v) is 20.5. The summed E-state index contributed by atoms with van der Waals surface area (Å²) < 4.78 is 62.5. The summed E-state index contributed by atoms with van der Waals surface area (Å²) in [4.78, 5) is 61.6. The SMILES string of the molecule is CCc1cc(N2C(=S)N(c3cnc(C#N)c(C(F)(F)F)c3)C(=O)C23CCC3)ccc1OCCN1C[C@@H](C)N(CC(=O)Nc2cc(NC3CCC(=O)NC3=O)ccc2F)[C@@H](C)C1. The van der Waals surface area contributed by atoms with E-state index in [0.717, 1.165) is 29.1 Å². The van der Waals surface area contributed by atoms with Gasteiger partial charge in [-0.25, -0.2) is 9.37 Å². The molecule has 4 heterocycles. The largest absolute Gasteiger partial charge is 0.492 e. The van der Waals surface area contributed by atoms with Crippen molar-refractivity contribution in [2.24, 2.45) is 0 Å². The minimum absolute atomic E-state index is 0.0177. The molecule has 4 amide bonds. The smallest absolute Gasteiger partial charge is 0.419 e. The number of nitriles is 1. The van der Waals surface area contributed by atoms with Crippen LogP contribution in [0.4, 0.5) is 40.3 Å². The standard InChI is InChI=1S/C42H45F4N9O5S/c1-4-26-16-28(55-40(61)54(39(59)41(55)12-5-13-41)29-18-30(42(44,45)46)34(19-47)48-20-29)7-10-35(26)60-15-14-52-21-24(2)53(25(3)22-52)23-37(57)50-33-17-27(6-8-31(33)43)49-32-9-11-36(56)51-38(32)58/h6-8,10,16-18,20,24-25,32,49H,4-5,9,11-15,21-23H2,1-3H3,(H,50,57)(H,51,56,58)/t24-,25+,32?. The van der Waals surface area contributed by atoms with E-state index in [0.29, 0.717) is 69.0 Å². The van der Waals surface area contributed by atoms with Gasteiger partial charge in [-0.1, -0.05) is 6.92 Å². The fourth-order valence-electron chi connectivity index (χ4n) is 8.56. The number of carbonyl (C=O) groups is 4. The van der Waals surface area contributed by atoms with Crippen molar-refractivity contribution in [3.8, 4) is 11.8 Å². The van der Waals surface area contributed by atoms with Crippen molar-refractivity contribution in [1.82, 2.24) is 20.1 Å². The molecule has 4 fully saturated rings. The molecule has 3 aliphatic heterocycles. The summed E-state index contributed by atoms with van der Waals surface area (Å²) in [6, 6.07) is 11.1. The number of piperazine rings is 1. The molecule has 0 bridgehead atoms. The van der Waals surface area contributed by atoms with Crippen LogP contribution < -0.4 is 30.5 Å². The second-order valence-electron chi connectivity index (χ2n) is 15.9. The lowest BCUT2D eigenvalue weighted by Crippen LogP contribution is -2.58. The van der Waals surface area contributed by atoms with Gasteiger partial charge in [-0.2, -0.15) is 18.4 Å². The number of pyridine rings is 1. The maximum Gasteiger partial charge on any atom is 0.419 e. The number of halogens is 4. The van der Waals surface area contributed by atoms with Crippen LogP contribution in [0.3, 0.4) is 0 Å². The third-order valence-electron chi connectivity index (χ3n) is 11.8. The number of aromatic nitrogens is 1. The Hall–Kier alpha value is -5.71. The van der Waals surface area contributed by atoms with Gasteiger partial charge in [-0.15, -0.1) is 0 Å². The van der Waals surface area contributed by atoms with E-state index < -0.39 is 46.6 Å². The van der Waals surface area contributed by atoms with E-state index >= 15 is 0 Å². The van der Waals surface area contributed by atoms with Crippen molar-refractivity contribution in [2.45, 2.75) is 89.1 Å². The molecule has 3 aromatic rings. The molecule has 19 heteroatoms. The molecule has 7 rings (SSSR count). The van der Waals surface area contributed by atoms with Gasteiger partial charge >= 0.3 is 6.18 Å². The highest BCUT2D eigenvalue weighted by Gasteiger charge is 2.60. The Bertz CT molecular complexity index is 2290. The van der Waals surface area contributed by atoms with Crippen LogP contribution >= 0.6 is 12.2 Å². The van der Waals surface area contributed by atoms with E-state index in [2.05, 4.69) is 30.7 Å². The molecule has 3 saturated heterocycles. The highest BCUT2D eigenvalue weighted by Crippen LogP contribution is 2.49. The number of carbonyl (C=O) groups excluding carboxylic acids is 4. The predicted octanol–water partition coefficient (Wildman–Crippen LogP) is 5.36. The number of thiocarbonyl (C=S) groups is 1. The van der Waals surface area contributed by atoms with Crippen molar-refractivity contribution >= 4 is 63.7 Å². The number of hydrogen-bond donors (Lipinski definition) is 3. The first-order chi connectivity index (χ1) is 29.0. The molecule has 1 aliphatic carbocycles. The topological polar surface area (TPSA) is 163 Å². The highest BCUT2D eigenvalue weighted by molar-refractivity contribution is 7.81. The van der Waals surface area contributed by atoms with E-state index in [1.807, 2.05) is 32.9 Å². The van der Waals surface area contributed by atoms with E-state index in [4.69, 9.17) is 17.0 Å². The third-order valence-corrected chi connectivity index (χ3v) is 12.2.